The van der Waals surface area contributed by atoms with Gasteiger partial charge in [-0.15, -0.1) is 0 Å². The largest absolute Gasteiger partial charge is 0.480 e. The highest BCUT2D eigenvalue weighted by molar-refractivity contribution is 5.82. The summed E-state index contributed by atoms with van der Waals surface area (Å²) >= 11 is 0. The molecule has 1 unspecified atom stereocenters. The van der Waals surface area contributed by atoms with E-state index < -0.39 is 12.0 Å². The molecule has 0 saturated carbocycles. The molecule has 0 bridgehead atoms. The van der Waals surface area contributed by atoms with E-state index in [1.165, 1.54) is 11.8 Å². The molecule has 1 N–H and O–H groups in total. The van der Waals surface area contributed by atoms with Gasteiger partial charge < -0.3 is 14.9 Å². The monoisotopic (exact) mass is 242 g/mol. The molecule has 1 heterocycles. The molecule has 0 aliphatic carbocycles. The molecule has 1 aliphatic rings. The van der Waals surface area contributed by atoms with Crippen LogP contribution in [0.15, 0.2) is 0 Å². The van der Waals surface area contributed by atoms with Gasteiger partial charge in [0.1, 0.15) is 6.04 Å². The summed E-state index contributed by atoms with van der Waals surface area (Å²) in [6.07, 6.45) is 2.09. The van der Waals surface area contributed by atoms with Gasteiger partial charge in [0, 0.05) is 20.1 Å². The van der Waals surface area contributed by atoms with Crippen LogP contribution < -0.4 is 0 Å². The van der Waals surface area contributed by atoms with Crippen LogP contribution in [-0.2, 0) is 4.79 Å². The van der Waals surface area contributed by atoms with Crippen molar-refractivity contribution >= 4 is 12.0 Å². The molecule has 2 amide bonds. The van der Waals surface area contributed by atoms with Crippen molar-refractivity contribution in [3.8, 4) is 0 Å². The fourth-order valence-electron chi connectivity index (χ4n) is 2.14. The Morgan fingerprint density at radius 1 is 1.41 bits per heavy atom. The lowest BCUT2D eigenvalue weighted by Crippen LogP contribution is -2.52. The Labute approximate surface area is 102 Å². The van der Waals surface area contributed by atoms with Crippen LogP contribution in [0, 0.1) is 5.41 Å². The van der Waals surface area contributed by atoms with Gasteiger partial charge in [0.15, 0.2) is 0 Å². The number of carbonyl (C=O) groups is 2. The quantitative estimate of drug-likeness (QED) is 0.800. The van der Waals surface area contributed by atoms with Gasteiger partial charge in [0.2, 0.25) is 0 Å². The van der Waals surface area contributed by atoms with E-state index in [9.17, 15) is 9.59 Å². The molecule has 1 aliphatic heterocycles. The molecule has 1 fully saturated rings. The van der Waals surface area contributed by atoms with Gasteiger partial charge in [0.05, 0.1) is 0 Å². The minimum Gasteiger partial charge on any atom is -0.480 e. The van der Waals surface area contributed by atoms with Crippen LogP contribution >= 0.6 is 0 Å². The predicted octanol–water partition coefficient (Wildman–Crippen LogP) is 1.63. The molecule has 0 aromatic heterocycles. The number of piperidine rings is 1. The van der Waals surface area contributed by atoms with Crippen LogP contribution in [0.2, 0.25) is 0 Å². The van der Waals surface area contributed by atoms with Crippen molar-refractivity contribution in [3.05, 3.63) is 0 Å². The van der Waals surface area contributed by atoms with E-state index >= 15 is 0 Å². The van der Waals surface area contributed by atoms with Gasteiger partial charge in [-0.3, -0.25) is 0 Å². The molecular weight excluding hydrogens is 220 g/mol. The number of hydrogen-bond acceptors (Lipinski definition) is 2. The summed E-state index contributed by atoms with van der Waals surface area (Å²) in [4.78, 5) is 26.0. The number of carboxylic acids is 1. The second-order valence-electron chi connectivity index (χ2n) is 5.60. The van der Waals surface area contributed by atoms with Crippen molar-refractivity contribution in [2.45, 2.75) is 39.7 Å². The third-order valence-corrected chi connectivity index (χ3v) is 3.41. The van der Waals surface area contributed by atoms with Crippen molar-refractivity contribution in [2.24, 2.45) is 5.41 Å². The minimum absolute atomic E-state index is 0.126. The molecule has 0 radical (unpaired) electrons. The first-order chi connectivity index (χ1) is 7.74. The zero-order valence-corrected chi connectivity index (χ0v) is 11.1. The first-order valence-corrected chi connectivity index (χ1v) is 5.99. The summed E-state index contributed by atoms with van der Waals surface area (Å²) < 4.78 is 0. The van der Waals surface area contributed by atoms with E-state index in [-0.39, 0.29) is 11.4 Å². The Morgan fingerprint density at radius 3 is 2.47 bits per heavy atom. The summed E-state index contributed by atoms with van der Waals surface area (Å²) in [7, 11) is 1.54. The second-order valence-corrected chi connectivity index (χ2v) is 5.60. The first kappa shape index (κ1) is 13.8. The molecule has 0 aromatic carbocycles. The van der Waals surface area contributed by atoms with Gasteiger partial charge in [-0.1, -0.05) is 13.8 Å². The number of likely N-dealkylation sites (N-methyl/N-ethyl adjacent to an activating group) is 1. The number of amides is 2. The number of rotatable bonds is 2. The molecule has 17 heavy (non-hydrogen) atoms. The first-order valence-electron chi connectivity index (χ1n) is 5.99. The van der Waals surface area contributed by atoms with Gasteiger partial charge >= 0.3 is 12.0 Å². The Balaban J connectivity index is 2.66. The number of urea groups is 1. The third-order valence-electron chi connectivity index (χ3n) is 3.41. The highest BCUT2D eigenvalue weighted by Gasteiger charge is 2.32. The molecule has 5 heteroatoms. The standard InChI is InChI=1S/C12H22N2O3/c1-9(10(15)16)13(4)11(17)14-7-5-6-12(2,3)8-14/h9H,5-8H2,1-4H3,(H,15,16). The van der Waals surface area contributed by atoms with Gasteiger partial charge in [-0.05, 0) is 25.2 Å². The van der Waals surface area contributed by atoms with Crippen LogP contribution in [0.4, 0.5) is 4.79 Å². The summed E-state index contributed by atoms with van der Waals surface area (Å²) in [6, 6.07) is -0.972. The van der Waals surface area contributed by atoms with Crippen LogP contribution in [0.1, 0.15) is 33.6 Å². The molecule has 1 atom stereocenters. The Kier molecular flexibility index (Phi) is 4.01. The van der Waals surface area contributed by atoms with E-state index in [4.69, 9.17) is 5.11 Å². The lowest BCUT2D eigenvalue weighted by molar-refractivity contribution is -0.141. The fourth-order valence-corrected chi connectivity index (χ4v) is 2.14. The number of aliphatic carboxylic acids is 1. The average Bonchev–Trinajstić information content (AvgIpc) is 2.24. The number of hydrogen-bond donors (Lipinski definition) is 1. The Bertz CT molecular complexity index is 315. The summed E-state index contributed by atoms with van der Waals surface area (Å²) in [5.74, 6) is -0.975. The third kappa shape index (κ3) is 3.35. The van der Waals surface area contributed by atoms with Crippen molar-refractivity contribution in [2.75, 3.05) is 20.1 Å². The average molecular weight is 242 g/mol. The van der Waals surface area contributed by atoms with E-state index in [0.29, 0.717) is 6.54 Å². The maximum absolute atomic E-state index is 12.1. The number of nitrogens with zero attached hydrogens (tertiary/aromatic N) is 2. The topological polar surface area (TPSA) is 60.9 Å². The number of carbonyl (C=O) groups excluding carboxylic acids is 1. The summed E-state index contributed by atoms with van der Waals surface area (Å²) in [6.45, 7) is 7.21. The normalized spacial score (nSPS) is 20.8. The van der Waals surface area contributed by atoms with Crippen molar-refractivity contribution < 1.29 is 14.7 Å². The fraction of sp³-hybridized carbons (Fsp3) is 0.833. The maximum atomic E-state index is 12.1. The summed E-state index contributed by atoms with van der Waals surface area (Å²) in [5.41, 5.74) is 0.126. The predicted molar refractivity (Wildman–Crippen MR) is 64.8 cm³/mol. The second kappa shape index (κ2) is 4.94. The summed E-state index contributed by atoms with van der Waals surface area (Å²) in [5, 5.41) is 8.89. The molecule has 0 spiro atoms. The smallest absolute Gasteiger partial charge is 0.326 e. The lowest BCUT2D eigenvalue weighted by Gasteiger charge is -2.40. The molecule has 1 saturated heterocycles. The molecular formula is C12H22N2O3. The SMILES string of the molecule is CC(C(=O)O)N(C)C(=O)N1CCCC(C)(C)C1. The Hall–Kier alpha value is -1.26. The van der Waals surface area contributed by atoms with Crippen LogP contribution in [0.25, 0.3) is 0 Å². The van der Waals surface area contributed by atoms with Gasteiger partial charge in [0.25, 0.3) is 0 Å². The van der Waals surface area contributed by atoms with Crippen molar-refractivity contribution in [1.82, 2.24) is 9.80 Å². The highest BCUT2D eigenvalue weighted by Crippen LogP contribution is 2.28. The zero-order valence-electron chi connectivity index (χ0n) is 11.1. The molecule has 0 aromatic rings. The van der Waals surface area contributed by atoms with Crippen molar-refractivity contribution in [3.63, 3.8) is 0 Å². The maximum Gasteiger partial charge on any atom is 0.326 e. The van der Waals surface area contributed by atoms with Gasteiger partial charge in [-0.2, -0.15) is 0 Å². The van der Waals surface area contributed by atoms with Gasteiger partial charge in [-0.25, -0.2) is 9.59 Å². The Morgan fingerprint density at radius 2 is 2.00 bits per heavy atom. The lowest BCUT2D eigenvalue weighted by atomic mass is 9.84. The number of likely N-dealkylation sites (tertiary alicyclic amines) is 1. The van der Waals surface area contributed by atoms with Crippen LogP contribution in [0.3, 0.4) is 0 Å². The molecule has 1 rings (SSSR count). The van der Waals surface area contributed by atoms with Crippen molar-refractivity contribution in [1.29, 1.82) is 0 Å². The van der Waals surface area contributed by atoms with E-state index in [2.05, 4.69) is 13.8 Å². The highest BCUT2D eigenvalue weighted by atomic mass is 16.4. The number of carboxylic acid groups (broad SMARTS) is 1. The van der Waals surface area contributed by atoms with Crippen LogP contribution in [0.5, 0.6) is 0 Å². The van der Waals surface area contributed by atoms with Crippen LogP contribution in [-0.4, -0.2) is 53.1 Å². The molecule has 98 valence electrons. The van der Waals surface area contributed by atoms with E-state index in [1.807, 2.05) is 0 Å². The minimum atomic E-state index is -0.975. The van der Waals surface area contributed by atoms with E-state index in [1.54, 1.807) is 11.9 Å². The van der Waals surface area contributed by atoms with E-state index in [0.717, 1.165) is 19.4 Å². The molecule has 5 nitrogen and oxygen atoms in total. The zero-order chi connectivity index (χ0) is 13.2.